The summed E-state index contributed by atoms with van der Waals surface area (Å²) in [5.74, 6) is 0.602. The van der Waals surface area contributed by atoms with Crippen LogP contribution in [0.25, 0.3) is 0 Å². The Morgan fingerprint density at radius 2 is 1.89 bits per heavy atom. The van der Waals surface area contributed by atoms with E-state index in [0.29, 0.717) is 13.1 Å². The quantitative estimate of drug-likeness (QED) is 0.661. The third-order valence-corrected chi connectivity index (χ3v) is 3.61. The lowest BCUT2D eigenvalue weighted by atomic mass is 10.3. The Labute approximate surface area is 108 Å². The lowest BCUT2D eigenvalue weighted by Gasteiger charge is -2.21. The van der Waals surface area contributed by atoms with Gasteiger partial charge in [0.2, 0.25) is 11.8 Å². The van der Waals surface area contributed by atoms with E-state index in [1.807, 2.05) is 11.8 Å². The SMILES string of the molecule is CC(NCCNC(=O)C1CC1)C(=O)N1CCCC1. The highest BCUT2D eigenvalue weighted by Gasteiger charge is 2.29. The number of carbonyl (C=O) groups excluding carboxylic acids is 2. The van der Waals surface area contributed by atoms with E-state index in [1.54, 1.807) is 0 Å². The lowest BCUT2D eigenvalue weighted by molar-refractivity contribution is -0.131. The monoisotopic (exact) mass is 253 g/mol. The number of amides is 2. The smallest absolute Gasteiger partial charge is 0.239 e. The normalized spacial score (nSPS) is 20.8. The van der Waals surface area contributed by atoms with Gasteiger partial charge in [-0.1, -0.05) is 0 Å². The number of rotatable bonds is 6. The summed E-state index contributed by atoms with van der Waals surface area (Å²) in [7, 11) is 0. The zero-order valence-electron chi connectivity index (χ0n) is 11.1. The van der Waals surface area contributed by atoms with Crippen LogP contribution in [-0.2, 0) is 9.59 Å². The predicted molar refractivity (Wildman–Crippen MR) is 69.0 cm³/mol. The Bertz CT molecular complexity index is 309. The summed E-state index contributed by atoms with van der Waals surface area (Å²) in [6, 6.07) is -0.152. The number of hydrogen-bond acceptors (Lipinski definition) is 3. The average molecular weight is 253 g/mol. The van der Waals surface area contributed by atoms with Gasteiger partial charge >= 0.3 is 0 Å². The minimum atomic E-state index is -0.152. The molecule has 2 aliphatic rings. The van der Waals surface area contributed by atoms with Crippen LogP contribution < -0.4 is 10.6 Å². The van der Waals surface area contributed by atoms with Crippen LogP contribution in [-0.4, -0.2) is 48.9 Å². The first-order chi connectivity index (χ1) is 8.68. The summed E-state index contributed by atoms with van der Waals surface area (Å²) in [4.78, 5) is 25.3. The molecule has 2 rings (SSSR count). The first kappa shape index (κ1) is 13.3. The van der Waals surface area contributed by atoms with E-state index in [0.717, 1.165) is 38.8 Å². The minimum Gasteiger partial charge on any atom is -0.355 e. The van der Waals surface area contributed by atoms with E-state index >= 15 is 0 Å². The van der Waals surface area contributed by atoms with Crippen molar-refractivity contribution in [2.45, 2.75) is 38.6 Å². The molecule has 102 valence electrons. The highest BCUT2D eigenvalue weighted by Crippen LogP contribution is 2.28. The third kappa shape index (κ3) is 3.70. The molecule has 0 aromatic rings. The maximum absolute atomic E-state index is 12.0. The van der Waals surface area contributed by atoms with E-state index in [4.69, 9.17) is 0 Å². The zero-order chi connectivity index (χ0) is 13.0. The summed E-state index contributed by atoms with van der Waals surface area (Å²) in [5, 5.41) is 6.05. The van der Waals surface area contributed by atoms with Gasteiger partial charge in [-0.2, -0.15) is 0 Å². The summed E-state index contributed by atoms with van der Waals surface area (Å²) in [6.45, 7) is 4.93. The first-order valence-corrected chi connectivity index (χ1v) is 6.98. The molecule has 1 saturated carbocycles. The Morgan fingerprint density at radius 1 is 1.22 bits per heavy atom. The molecule has 0 bridgehead atoms. The van der Waals surface area contributed by atoms with E-state index in [-0.39, 0.29) is 23.8 Å². The number of nitrogens with zero attached hydrogens (tertiary/aromatic N) is 1. The molecule has 2 fully saturated rings. The molecule has 2 amide bonds. The van der Waals surface area contributed by atoms with Gasteiger partial charge in [-0.05, 0) is 32.6 Å². The summed E-state index contributed by atoms with van der Waals surface area (Å²) in [5.41, 5.74) is 0. The number of carbonyl (C=O) groups is 2. The van der Waals surface area contributed by atoms with Crippen molar-refractivity contribution in [3.63, 3.8) is 0 Å². The van der Waals surface area contributed by atoms with Crippen molar-refractivity contribution in [1.29, 1.82) is 0 Å². The van der Waals surface area contributed by atoms with Gasteiger partial charge in [0.15, 0.2) is 0 Å². The standard InChI is InChI=1S/C13H23N3O2/c1-10(13(18)16-8-2-3-9-16)14-6-7-15-12(17)11-4-5-11/h10-11,14H,2-9H2,1H3,(H,15,17). The van der Waals surface area contributed by atoms with Gasteiger partial charge in [-0.25, -0.2) is 0 Å². The second-order valence-electron chi connectivity index (χ2n) is 5.27. The molecule has 1 heterocycles. The van der Waals surface area contributed by atoms with Crippen LogP contribution in [0.15, 0.2) is 0 Å². The molecular formula is C13H23N3O2. The summed E-state index contributed by atoms with van der Waals surface area (Å²) >= 11 is 0. The molecule has 1 saturated heterocycles. The van der Waals surface area contributed by atoms with Gasteiger partial charge in [0, 0.05) is 32.1 Å². The summed E-state index contributed by atoms with van der Waals surface area (Å²) in [6.07, 6.45) is 4.30. The van der Waals surface area contributed by atoms with Gasteiger partial charge in [-0.3, -0.25) is 9.59 Å². The maximum atomic E-state index is 12.0. The van der Waals surface area contributed by atoms with Gasteiger partial charge in [0.25, 0.3) is 0 Å². The van der Waals surface area contributed by atoms with E-state index in [2.05, 4.69) is 10.6 Å². The minimum absolute atomic E-state index is 0.152. The highest BCUT2D eigenvalue weighted by atomic mass is 16.2. The fourth-order valence-corrected chi connectivity index (χ4v) is 2.26. The van der Waals surface area contributed by atoms with Gasteiger partial charge in [0.05, 0.1) is 6.04 Å². The molecule has 0 radical (unpaired) electrons. The molecule has 0 spiro atoms. The van der Waals surface area contributed by atoms with Crippen molar-refractivity contribution < 1.29 is 9.59 Å². The second kappa shape index (κ2) is 6.18. The fraction of sp³-hybridized carbons (Fsp3) is 0.846. The second-order valence-corrected chi connectivity index (χ2v) is 5.27. The molecule has 1 aliphatic carbocycles. The molecule has 0 aromatic carbocycles. The zero-order valence-corrected chi connectivity index (χ0v) is 11.1. The molecule has 5 nitrogen and oxygen atoms in total. The van der Waals surface area contributed by atoms with Gasteiger partial charge < -0.3 is 15.5 Å². The number of hydrogen-bond donors (Lipinski definition) is 2. The van der Waals surface area contributed by atoms with Gasteiger partial charge in [-0.15, -0.1) is 0 Å². The van der Waals surface area contributed by atoms with E-state index in [9.17, 15) is 9.59 Å². The Hall–Kier alpha value is -1.10. The van der Waals surface area contributed by atoms with Crippen LogP contribution in [0.3, 0.4) is 0 Å². The Balaban J connectivity index is 1.57. The van der Waals surface area contributed by atoms with Crippen LogP contribution >= 0.6 is 0 Å². The largest absolute Gasteiger partial charge is 0.355 e. The van der Waals surface area contributed by atoms with Crippen molar-refractivity contribution in [3.05, 3.63) is 0 Å². The van der Waals surface area contributed by atoms with Crippen LogP contribution in [0.4, 0.5) is 0 Å². The van der Waals surface area contributed by atoms with Crippen molar-refractivity contribution in [1.82, 2.24) is 15.5 Å². The topological polar surface area (TPSA) is 61.4 Å². The molecule has 5 heteroatoms. The third-order valence-electron chi connectivity index (χ3n) is 3.61. The molecule has 2 N–H and O–H groups in total. The first-order valence-electron chi connectivity index (χ1n) is 6.98. The highest BCUT2D eigenvalue weighted by molar-refractivity contribution is 5.82. The molecular weight excluding hydrogens is 230 g/mol. The van der Waals surface area contributed by atoms with Crippen molar-refractivity contribution in [2.75, 3.05) is 26.2 Å². The van der Waals surface area contributed by atoms with Gasteiger partial charge in [0.1, 0.15) is 0 Å². The van der Waals surface area contributed by atoms with Crippen LogP contribution in [0.1, 0.15) is 32.6 Å². The fourth-order valence-electron chi connectivity index (χ4n) is 2.26. The Morgan fingerprint density at radius 3 is 2.50 bits per heavy atom. The lowest BCUT2D eigenvalue weighted by Crippen LogP contribution is -2.45. The molecule has 0 aromatic heterocycles. The van der Waals surface area contributed by atoms with E-state index < -0.39 is 0 Å². The number of likely N-dealkylation sites (tertiary alicyclic amines) is 1. The van der Waals surface area contributed by atoms with Crippen molar-refractivity contribution >= 4 is 11.8 Å². The molecule has 1 unspecified atom stereocenters. The van der Waals surface area contributed by atoms with Crippen LogP contribution in [0.5, 0.6) is 0 Å². The average Bonchev–Trinajstić information content (AvgIpc) is 3.08. The Kier molecular flexibility index (Phi) is 4.58. The maximum Gasteiger partial charge on any atom is 0.239 e. The molecule has 1 atom stereocenters. The van der Waals surface area contributed by atoms with E-state index in [1.165, 1.54) is 0 Å². The van der Waals surface area contributed by atoms with Crippen LogP contribution in [0.2, 0.25) is 0 Å². The van der Waals surface area contributed by atoms with Crippen molar-refractivity contribution in [2.24, 2.45) is 5.92 Å². The van der Waals surface area contributed by atoms with Crippen molar-refractivity contribution in [3.8, 4) is 0 Å². The predicted octanol–water partition coefficient (Wildman–Crippen LogP) is 0.113. The number of nitrogens with one attached hydrogen (secondary N) is 2. The molecule has 18 heavy (non-hydrogen) atoms. The molecule has 1 aliphatic heterocycles. The van der Waals surface area contributed by atoms with Crippen LogP contribution in [0, 0.1) is 5.92 Å². The summed E-state index contributed by atoms with van der Waals surface area (Å²) < 4.78 is 0.